The van der Waals surface area contributed by atoms with Crippen LogP contribution in [-0.2, 0) is 14.3 Å². The molecule has 1 saturated heterocycles. The van der Waals surface area contributed by atoms with Crippen LogP contribution in [0.5, 0.6) is 0 Å². The van der Waals surface area contributed by atoms with E-state index in [1.165, 1.54) is 12.8 Å². The molecule has 2 saturated carbocycles. The van der Waals surface area contributed by atoms with Gasteiger partial charge in [0.25, 0.3) is 0 Å². The lowest BCUT2D eigenvalue weighted by Crippen LogP contribution is -2.53. The molecular formula is C20H30O3. The predicted molar refractivity (Wildman–Crippen MR) is 89.0 cm³/mol. The first-order valence-electron chi connectivity index (χ1n) is 9.24. The van der Waals surface area contributed by atoms with Gasteiger partial charge < -0.3 is 9.47 Å². The Balaban J connectivity index is 1.78. The molecule has 128 valence electrons. The second-order valence-corrected chi connectivity index (χ2v) is 9.09. The summed E-state index contributed by atoms with van der Waals surface area (Å²) in [6.07, 6.45) is 8.87. The third kappa shape index (κ3) is 2.19. The summed E-state index contributed by atoms with van der Waals surface area (Å²) in [5.41, 5.74) is 0.131. The fourth-order valence-electron chi connectivity index (χ4n) is 6.43. The minimum Gasteiger partial charge on any atom is -0.377 e. The number of allylic oxidation sites excluding steroid dienone is 1. The zero-order chi connectivity index (χ0) is 16.4. The second-order valence-electron chi connectivity index (χ2n) is 9.09. The standard InChI is InChI=1S/C20H30O3/c1-19(2)15-8-9-20(3)10-13(15)14(11-23-19)18(21)12-6-5-7-16(22-4)17(12)20/h5,7,12-17H,6,8-11H2,1-4H3/t12-,13-,14-,15-,16-,17+,20+/m1/s1. The fraction of sp³-hybridized carbons (Fsp3) is 0.850. The summed E-state index contributed by atoms with van der Waals surface area (Å²) in [5.74, 6) is 2.03. The van der Waals surface area contributed by atoms with E-state index in [0.717, 1.165) is 12.8 Å². The Kier molecular flexibility index (Phi) is 3.55. The summed E-state index contributed by atoms with van der Waals surface area (Å²) in [6.45, 7) is 7.48. The van der Waals surface area contributed by atoms with E-state index in [4.69, 9.17) is 9.47 Å². The summed E-state index contributed by atoms with van der Waals surface area (Å²) in [7, 11) is 1.79. The number of rotatable bonds is 1. The minimum absolute atomic E-state index is 0.0861. The molecule has 1 heterocycles. The Labute approximate surface area is 139 Å². The van der Waals surface area contributed by atoms with Gasteiger partial charge in [-0.2, -0.15) is 0 Å². The van der Waals surface area contributed by atoms with E-state index in [1.54, 1.807) is 7.11 Å². The average Bonchev–Trinajstić information content (AvgIpc) is 2.59. The monoisotopic (exact) mass is 318 g/mol. The molecule has 3 fully saturated rings. The van der Waals surface area contributed by atoms with Crippen LogP contribution in [0.1, 0.15) is 46.5 Å². The van der Waals surface area contributed by atoms with Gasteiger partial charge >= 0.3 is 0 Å². The molecule has 2 bridgehead atoms. The van der Waals surface area contributed by atoms with Crippen molar-refractivity contribution in [1.29, 1.82) is 0 Å². The molecule has 0 radical (unpaired) electrons. The molecule has 3 heteroatoms. The van der Waals surface area contributed by atoms with Gasteiger partial charge in [0.05, 0.1) is 18.3 Å². The lowest BCUT2D eigenvalue weighted by molar-refractivity contribution is -0.174. The number of Topliss-reactive ketones (excluding diaryl/α,β-unsaturated/α-hetero) is 1. The van der Waals surface area contributed by atoms with Gasteiger partial charge in [0.15, 0.2) is 0 Å². The Bertz CT molecular complexity index is 537. The van der Waals surface area contributed by atoms with E-state index in [1.807, 2.05) is 0 Å². The smallest absolute Gasteiger partial charge is 0.142 e. The second kappa shape index (κ2) is 5.16. The summed E-state index contributed by atoms with van der Waals surface area (Å²) in [6, 6.07) is 0. The van der Waals surface area contributed by atoms with E-state index < -0.39 is 0 Å². The Morgan fingerprint density at radius 3 is 2.78 bits per heavy atom. The normalized spacial score (nSPS) is 51.0. The van der Waals surface area contributed by atoms with E-state index in [-0.39, 0.29) is 29.0 Å². The fourth-order valence-corrected chi connectivity index (χ4v) is 6.43. The quantitative estimate of drug-likeness (QED) is 0.693. The largest absolute Gasteiger partial charge is 0.377 e. The van der Waals surface area contributed by atoms with Crippen molar-refractivity contribution in [2.24, 2.45) is 35.0 Å². The molecule has 4 aliphatic rings. The lowest BCUT2D eigenvalue weighted by atomic mass is 9.55. The molecule has 0 N–H and O–H groups in total. The molecule has 0 aromatic carbocycles. The Morgan fingerprint density at radius 2 is 2.04 bits per heavy atom. The average molecular weight is 318 g/mol. The van der Waals surface area contributed by atoms with Gasteiger partial charge in [0, 0.05) is 24.9 Å². The number of carbonyl (C=O) groups is 1. The first kappa shape index (κ1) is 15.8. The SMILES string of the molecule is CO[C@@H]1C=CC[C@H]2C(=O)[C@@H]3COC(C)(C)[C@@H]4CC[C@@](C)(C[C@@H]43)[C@H]12. The maximum absolute atomic E-state index is 13.4. The van der Waals surface area contributed by atoms with E-state index in [9.17, 15) is 4.79 Å². The highest BCUT2D eigenvalue weighted by molar-refractivity contribution is 5.85. The number of ketones is 1. The van der Waals surface area contributed by atoms with E-state index in [2.05, 4.69) is 32.9 Å². The predicted octanol–water partition coefficient (Wildman–Crippen LogP) is 3.62. The van der Waals surface area contributed by atoms with Crippen LogP contribution in [0.3, 0.4) is 0 Å². The molecule has 1 aliphatic heterocycles. The topological polar surface area (TPSA) is 35.5 Å². The summed E-state index contributed by atoms with van der Waals surface area (Å²) < 4.78 is 12.0. The zero-order valence-electron chi connectivity index (χ0n) is 14.9. The number of ether oxygens (including phenoxy) is 2. The first-order valence-corrected chi connectivity index (χ1v) is 9.24. The highest BCUT2D eigenvalue weighted by Gasteiger charge is 2.60. The van der Waals surface area contributed by atoms with Crippen molar-refractivity contribution >= 4 is 5.78 Å². The number of hydrogen-bond donors (Lipinski definition) is 0. The zero-order valence-corrected chi connectivity index (χ0v) is 14.9. The molecule has 3 nitrogen and oxygen atoms in total. The van der Waals surface area contributed by atoms with Crippen molar-refractivity contribution < 1.29 is 14.3 Å². The van der Waals surface area contributed by atoms with Crippen LogP contribution < -0.4 is 0 Å². The van der Waals surface area contributed by atoms with E-state index in [0.29, 0.717) is 30.1 Å². The molecule has 4 rings (SSSR count). The van der Waals surface area contributed by atoms with Gasteiger partial charge in [-0.25, -0.2) is 0 Å². The van der Waals surface area contributed by atoms with Crippen LogP contribution in [0.25, 0.3) is 0 Å². The maximum atomic E-state index is 13.4. The Hall–Kier alpha value is -0.670. The third-order valence-electron chi connectivity index (χ3n) is 7.60. The maximum Gasteiger partial charge on any atom is 0.142 e. The summed E-state index contributed by atoms with van der Waals surface area (Å²) >= 11 is 0. The van der Waals surface area contributed by atoms with Gasteiger partial charge in [0.1, 0.15) is 5.78 Å². The Morgan fingerprint density at radius 1 is 1.26 bits per heavy atom. The van der Waals surface area contributed by atoms with Crippen LogP contribution in [0.2, 0.25) is 0 Å². The third-order valence-corrected chi connectivity index (χ3v) is 7.60. The number of methoxy groups -OCH3 is 1. The van der Waals surface area contributed by atoms with Crippen molar-refractivity contribution in [3.05, 3.63) is 12.2 Å². The molecular weight excluding hydrogens is 288 g/mol. The molecule has 3 aliphatic carbocycles. The van der Waals surface area contributed by atoms with Gasteiger partial charge in [-0.05, 0) is 56.8 Å². The van der Waals surface area contributed by atoms with Crippen LogP contribution >= 0.6 is 0 Å². The van der Waals surface area contributed by atoms with Gasteiger partial charge in [0.2, 0.25) is 0 Å². The molecule has 0 aromatic heterocycles. The van der Waals surface area contributed by atoms with E-state index >= 15 is 0 Å². The molecule has 0 spiro atoms. The van der Waals surface area contributed by atoms with Crippen LogP contribution in [0.15, 0.2) is 12.2 Å². The van der Waals surface area contributed by atoms with Crippen molar-refractivity contribution in [3.63, 3.8) is 0 Å². The number of fused-ring (bicyclic) bond motifs is 3. The molecule has 0 unspecified atom stereocenters. The van der Waals surface area contributed by atoms with Crippen LogP contribution in [-0.4, -0.2) is 31.2 Å². The highest BCUT2D eigenvalue weighted by Crippen LogP contribution is 2.60. The summed E-state index contributed by atoms with van der Waals surface area (Å²) in [4.78, 5) is 13.4. The van der Waals surface area contributed by atoms with Gasteiger partial charge in [-0.3, -0.25) is 4.79 Å². The number of carbonyl (C=O) groups excluding carboxylic acids is 1. The van der Waals surface area contributed by atoms with Crippen molar-refractivity contribution in [3.8, 4) is 0 Å². The molecule has 0 aromatic rings. The number of hydrogen-bond acceptors (Lipinski definition) is 3. The minimum atomic E-state index is -0.0861. The van der Waals surface area contributed by atoms with Crippen LogP contribution in [0.4, 0.5) is 0 Å². The molecule has 0 amide bonds. The van der Waals surface area contributed by atoms with Crippen molar-refractivity contribution in [2.45, 2.75) is 58.2 Å². The van der Waals surface area contributed by atoms with Gasteiger partial charge in [-0.1, -0.05) is 19.1 Å². The molecule has 7 atom stereocenters. The highest BCUT2D eigenvalue weighted by atomic mass is 16.5. The van der Waals surface area contributed by atoms with Crippen molar-refractivity contribution in [2.75, 3.05) is 13.7 Å². The first-order chi connectivity index (χ1) is 10.9. The lowest BCUT2D eigenvalue weighted by Gasteiger charge is -2.54. The van der Waals surface area contributed by atoms with Crippen molar-refractivity contribution in [1.82, 2.24) is 0 Å². The van der Waals surface area contributed by atoms with Crippen LogP contribution in [0, 0.1) is 35.0 Å². The summed E-state index contributed by atoms with van der Waals surface area (Å²) in [5, 5.41) is 0. The van der Waals surface area contributed by atoms with Gasteiger partial charge in [-0.15, -0.1) is 0 Å². The molecule has 23 heavy (non-hydrogen) atoms.